The van der Waals surface area contributed by atoms with Gasteiger partial charge in [0, 0.05) is 24.7 Å². The topological polar surface area (TPSA) is 68.9 Å². The summed E-state index contributed by atoms with van der Waals surface area (Å²) in [5.41, 5.74) is 2.46. The molecule has 0 unspecified atom stereocenters. The van der Waals surface area contributed by atoms with Crippen molar-refractivity contribution in [2.45, 2.75) is 32.9 Å². The minimum Gasteiger partial charge on any atom is -0.346 e. The van der Waals surface area contributed by atoms with E-state index >= 15 is 0 Å². The highest BCUT2D eigenvalue weighted by molar-refractivity contribution is 5.84. The van der Waals surface area contributed by atoms with Crippen molar-refractivity contribution in [2.24, 2.45) is 7.05 Å². The van der Waals surface area contributed by atoms with Gasteiger partial charge in [0.1, 0.15) is 6.54 Å². The lowest BCUT2D eigenvalue weighted by Crippen LogP contribution is -2.35. The molecule has 25 heavy (non-hydrogen) atoms. The molecule has 3 aromatic rings. The molecule has 6 heteroatoms. The molecule has 130 valence electrons. The lowest BCUT2D eigenvalue weighted by atomic mass is 10.1. The first-order valence-electron chi connectivity index (χ1n) is 8.37. The van der Waals surface area contributed by atoms with Gasteiger partial charge in [0.05, 0.1) is 17.3 Å². The molecule has 6 nitrogen and oxygen atoms in total. The number of rotatable bonds is 5. The fourth-order valence-electron chi connectivity index (χ4n) is 3.16. The monoisotopic (exact) mass is 338 g/mol. The third kappa shape index (κ3) is 3.33. The lowest BCUT2D eigenvalue weighted by Gasteiger charge is -2.18. The normalized spacial score (nSPS) is 12.3. The molecular formula is C19H22N4O2. The second-order valence-electron chi connectivity index (χ2n) is 6.18. The van der Waals surface area contributed by atoms with Crippen molar-refractivity contribution in [1.82, 2.24) is 19.7 Å². The highest BCUT2D eigenvalue weighted by atomic mass is 16.2. The Labute approximate surface area is 146 Å². The number of nitrogens with one attached hydrogen (secondary N) is 1. The van der Waals surface area contributed by atoms with E-state index < -0.39 is 0 Å². The van der Waals surface area contributed by atoms with E-state index in [9.17, 15) is 9.59 Å². The molecule has 0 saturated heterocycles. The Morgan fingerprint density at radius 1 is 1.28 bits per heavy atom. The number of aromatic nitrogens is 3. The van der Waals surface area contributed by atoms with Crippen molar-refractivity contribution in [2.75, 3.05) is 0 Å². The molecule has 1 aromatic carbocycles. The molecule has 1 amide bonds. The van der Waals surface area contributed by atoms with Gasteiger partial charge in [-0.3, -0.25) is 18.8 Å². The molecule has 0 bridgehead atoms. The largest absolute Gasteiger partial charge is 0.346 e. The second kappa shape index (κ2) is 6.93. The number of pyridine rings is 1. The van der Waals surface area contributed by atoms with Crippen LogP contribution in [0.5, 0.6) is 0 Å². The van der Waals surface area contributed by atoms with Crippen LogP contribution in [0.25, 0.3) is 10.9 Å². The van der Waals surface area contributed by atoms with Gasteiger partial charge in [0.2, 0.25) is 5.91 Å². The molecular weight excluding hydrogens is 316 g/mol. The van der Waals surface area contributed by atoms with E-state index in [1.807, 2.05) is 51.2 Å². The molecule has 0 aliphatic carbocycles. The lowest BCUT2D eigenvalue weighted by molar-refractivity contribution is -0.122. The first kappa shape index (κ1) is 17.0. The molecule has 2 aromatic heterocycles. The zero-order valence-corrected chi connectivity index (χ0v) is 14.7. The van der Waals surface area contributed by atoms with Crippen LogP contribution >= 0.6 is 0 Å². The minimum absolute atomic E-state index is 0.00597. The summed E-state index contributed by atoms with van der Waals surface area (Å²) >= 11 is 0. The molecule has 0 spiro atoms. The number of carbonyl (C=O) groups excluding carboxylic acids is 1. The average molecular weight is 338 g/mol. The van der Waals surface area contributed by atoms with Gasteiger partial charge in [-0.1, -0.05) is 25.1 Å². The predicted octanol–water partition coefficient (Wildman–Crippen LogP) is 2.31. The first-order chi connectivity index (χ1) is 12.0. The van der Waals surface area contributed by atoms with E-state index in [1.54, 1.807) is 16.9 Å². The summed E-state index contributed by atoms with van der Waals surface area (Å²) in [5.74, 6) is -0.191. The summed E-state index contributed by atoms with van der Waals surface area (Å²) in [7, 11) is 1.85. The predicted molar refractivity (Wildman–Crippen MR) is 97.3 cm³/mol. The van der Waals surface area contributed by atoms with Crippen molar-refractivity contribution in [3.63, 3.8) is 0 Å². The van der Waals surface area contributed by atoms with Crippen LogP contribution in [0.15, 0.2) is 47.4 Å². The van der Waals surface area contributed by atoms with Crippen molar-refractivity contribution < 1.29 is 4.79 Å². The van der Waals surface area contributed by atoms with Crippen molar-refractivity contribution in [3.8, 4) is 0 Å². The summed E-state index contributed by atoms with van der Waals surface area (Å²) in [6.45, 7) is 3.91. The summed E-state index contributed by atoms with van der Waals surface area (Å²) in [5, 5.41) is 8.14. The van der Waals surface area contributed by atoms with Crippen LogP contribution in [0.3, 0.4) is 0 Å². The van der Waals surface area contributed by atoms with E-state index in [0.29, 0.717) is 0 Å². The van der Waals surface area contributed by atoms with E-state index in [-0.39, 0.29) is 24.1 Å². The van der Waals surface area contributed by atoms with Crippen LogP contribution in [0.1, 0.15) is 30.6 Å². The van der Waals surface area contributed by atoms with Gasteiger partial charge in [0.15, 0.2) is 0 Å². The molecule has 3 rings (SSSR count). The Morgan fingerprint density at radius 2 is 2.04 bits per heavy atom. The second-order valence-corrected chi connectivity index (χ2v) is 6.18. The van der Waals surface area contributed by atoms with Gasteiger partial charge < -0.3 is 5.32 Å². The Hall–Kier alpha value is -2.89. The third-order valence-corrected chi connectivity index (χ3v) is 4.49. The van der Waals surface area contributed by atoms with Gasteiger partial charge in [-0.15, -0.1) is 0 Å². The van der Waals surface area contributed by atoms with Gasteiger partial charge in [-0.2, -0.15) is 5.10 Å². The number of nitrogens with zero attached hydrogens (tertiary/aromatic N) is 3. The van der Waals surface area contributed by atoms with Crippen LogP contribution in [0, 0.1) is 6.92 Å². The molecule has 0 saturated carbocycles. The zero-order valence-electron chi connectivity index (χ0n) is 14.7. The average Bonchev–Trinajstić information content (AvgIpc) is 3.02. The Kier molecular flexibility index (Phi) is 4.70. The Bertz CT molecular complexity index is 971. The quantitative estimate of drug-likeness (QED) is 0.776. The minimum atomic E-state index is -0.191. The van der Waals surface area contributed by atoms with E-state index in [0.717, 1.165) is 28.6 Å². The molecule has 0 aliphatic rings. The van der Waals surface area contributed by atoms with E-state index in [2.05, 4.69) is 10.4 Å². The van der Waals surface area contributed by atoms with Crippen molar-refractivity contribution >= 4 is 16.8 Å². The maximum atomic E-state index is 12.6. The number of carbonyl (C=O) groups is 1. The third-order valence-electron chi connectivity index (χ3n) is 4.49. The molecule has 0 fully saturated rings. The van der Waals surface area contributed by atoms with Gasteiger partial charge in [-0.05, 0) is 31.0 Å². The van der Waals surface area contributed by atoms with Gasteiger partial charge >= 0.3 is 0 Å². The highest BCUT2D eigenvalue weighted by Gasteiger charge is 2.17. The van der Waals surface area contributed by atoms with Gasteiger partial charge in [-0.25, -0.2) is 0 Å². The molecule has 2 heterocycles. The molecule has 0 radical (unpaired) electrons. The summed E-state index contributed by atoms with van der Waals surface area (Å²) in [6, 6.07) is 11.0. The van der Waals surface area contributed by atoms with Crippen molar-refractivity contribution in [1.29, 1.82) is 0 Å². The Balaban J connectivity index is 1.88. The van der Waals surface area contributed by atoms with Crippen LogP contribution < -0.4 is 10.9 Å². The fourth-order valence-corrected chi connectivity index (χ4v) is 3.16. The highest BCUT2D eigenvalue weighted by Crippen LogP contribution is 2.17. The first-order valence-corrected chi connectivity index (χ1v) is 8.37. The standard InChI is InChI=1S/C19H22N4O2/c1-4-15(17-9-10-20-22(17)3)21-18(24)12-23-16-8-6-5-7-14(16)13(2)11-19(23)25/h5-11,15H,4,12H2,1-3H3,(H,21,24)/t15-/m0/s1. The number of hydrogen-bond donors (Lipinski definition) is 1. The SMILES string of the molecule is CC[C@H](NC(=O)Cn1c(=O)cc(C)c2ccccc21)c1ccnn1C. The van der Waals surface area contributed by atoms with Crippen LogP contribution in [0.4, 0.5) is 0 Å². The summed E-state index contributed by atoms with van der Waals surface area (Å²) < 4.78 is 3.27. The number of hydrogen-bond acceptors (Lipinski definition) is 3. The van der Waals surface area contributed by atoms with E-state index in [1.165, 1.54) is 4.57 Å². The van der Waals surface area contributed by atoms with E-state index in [4.69, 9.17) is 0 Å². The number of benzene rings is 1. The van der Waals surface area contributed by atoms with Crippen molar-refractivity contribution in [3.05, 3.63) is 64.2 Å². The maximum Gasteiger partial charge on any atom is 0.251 e. The number of aryl methyl sites for hydroxylation is 2. The number of para-hydroxylation sites is 1. The number of fused-ring (bicyclic) bond motifs is 1. The molecule has 1 N–H and O–H groups in total. The Morgan fingerprint density at radius 3 is 2.72 bits per heavy atom. The fraction of sp³-hybridized carbons (Fsp3) is 0.316. The number of amides is 1. The smallest absolute Gasteiger partial charge is 0.251 e. The van der Waals surface area contributed by atoms with Crippen LogP contribution in [-0.4, -0.2) is 20.3 Å². The van der Waals surface area contributed by atoms with Gasteiger partial charge in [0.25, 0.3) is 5.56 Å². The summed E-state index contributed by atoms with van der Waals surface area (Å²) in [6.07, 6.45) is 2.46. The maximum absolute atomic E-state index is 12.6. The summed E-state index contributed by atoms with van der Waals surface area (Å²) in [4.78, 5) is 25.0. The van der Waals surface area contributed by atoms with Crippen LogP contribution in [-0.2, 0) is 18.4 Å². The van der Waals surface area contributed by atoms with Crippen LogP contribution in [0.2, 0.25) is 0 Å². The zero-order chi connectivity index (χ0) is 18.0. The molecule has 0 aliphatic heterocycles. The molecule has 1 atom stereocenters.